The summed E-state index contributed by atoms with van der Waals surface area (Å²) in [6.07, 6.45) is 5.22. The molecule has 4 heteroatoms. The van der Waals surface area contributed by atoms with E-state index in [-0.39, 0.29) is 17.9 Å². The molecular formula is C13H24N2O2. The van der Waals surface area contributed by atoms with Crippen molar-refractivity contribution >= 4 is 5.91 Å². The van der Waals surface area contributed by atoms with E-state index in [0.29, 0.717) is 13.2 Å². The van der Waals surface area contributed by atoms with Gasteiger partial charge in [0, 0.05) is 12.6 Å². The molecule has 0 aromatic rings. The normalized spacial score (nSPS) is 29.0. The minimum Gasteiger partial charge on any atom is -0.379 e. The highest BCUT2D eigenvalue weighted by Gasteiger charge is 2.33. The van der Waals surface area contributed by atoms with E-state index in [0.717, 1.165) is 25.4 Å². The third-order valence-electron chi connectivity index (χ3n) is 3.96. The lowest BCUT2D eigenvalue weighted by Crippen LogP contribution is -2.44. The van der Waals surface area contributed by atoms with Crippen LogP contribution < -0.4 is 10.6 Å². The number of rotatable bonds is 6. The average molecular weight is 240 g/mol. The van der Waals surface area contributed by atoms with Gasteiger partial charge in [0.05, 0.1) is 19.1 Å². The van der Waals surface area contributed by atoms with E-state index in [4.69, 9.17) is 4.74 Å². The average Bonchev–Trinajstić information content (AvgIpc) is 2.70. The maximum atomic E-state index is 12.0. The van der Waals surface area contributed by atoms with Crippen LogP contribution in [0.1, 0.15) is 32.6 Å². The van der Waals surface area contributed by atoms with Gasteiger partial charge in [-0.15, -0.1) is 0 Å². The summed E-state index contributed by atoms with van der Waals surface area (Å²) in [4.78, 5) is 12.0. The Hall–Kier alpha value is -0.610. The van der Waals surface area contributed by atoms with E-state index in [2.05, 4.69) is 17.6 Å². The van der Waals surface area contributed by atoms with Gasteiger partial charge < -0.3 is 15.4 Å². The van der Waals surface area contributed by atoms with Crippen molar-refractivity contribution in [3.8, 4) is 0 Å². The number of carbonyl (C=O) groups excluding carboxylic acids is 1. The van der Waals surface area contributed by atoms with Crippen LogP contribution in [-0.2, 0) is 9.53 Å². The highest BCUT2D eigenvalue weighted by atomic mass is 16.5. The van der Waals surface area contributed by atoms with E-state index in [1.54, 1.807) is 0 Å². The molecule has 2 fully saturated rings. The van der Waals surface area contributed by atoms with Crippen molar-refractivity contribution in [2.75, 3.05) is 26.3 Å². The van der Waals surface area contributed by atoms with Gasteiger partial charge in [0.15, 0.2) is 0 Å². The number of hydrogen-bond acceptors (Lipinski definition) is 3. The Labute approximate surface area is 103 Å². The first kappa shape index (κ1) is 12.8. The number of ether oxygens (including phenoxy) is 1. The lowest BCUT2D eigenvalue weighted by Gasteiger charge is -2.25. The molecule has 1 saturated heterocycles. The van der Waals surface area contributed by atoms with Crippen LogP contribution in [0.15, 0.2) is 0 Å². The third kappa shape index (κ3) is 3.42. The molecule has 0 bridgehead atoms. The van der Waals surface area contributed by atoms with Gasteiger partial charge in [-0.25, -0.2) is 0 Å². The first-order valence-corrected chi connectivity index (χ1v) is 6.90. The Kier molecular flexibility index (Phi) is 4.80. The van der Waals surface area contributed by atoms with Crippen LogP contribution in [0, 0.1) is 11.8 Å². The van der Waals surface area contributed by atoms with Crippen molar-refractivity contribution in [2.24, 2.45) is 11.8 Å². The van der Waals surface area contributed by atoms with Gasteiger partial charge in [-0.3, -0.25) is 4.79 Å². The molecule has 4 nitrogen and oxygen atoms in total. The van der Waals surface area contributed by atoms with Gasteiger partial charge in [-0.05, 0) is 18.9 Å². The fourth-order valence-corrected chi connectivity index (χ4v) is 2.59. The number of likely N-dealkylation sites (N-methyl/N-ethyl adjacent to an activating group) is 1. The molecule has 1 aliphatic carbocycles. The largest absolute Gasteiger partial charge is 0.379 e. The summed E-state index contributed by atoms with van der Waals surface area (Å²) >= 11 is 0. The molecule has 1 saturated carbocycles. The van der Waals surface area contributed by atoms with E-state index < -0.39 is 0 Å². The van der Waals surface area contributed by atoms with Crippen molar-refractivity contribution in [1.82, 2.24) is 10.6 Å². The van der Waals surface area contributed by atoms with E-state index in [9.17, 15) is 4.79 Å². The second-order valence-corrected chi connectivity index (χ2v) is 5.18. The Balaban J connectivity index is 1.66. The highest BCUT2D eigenvalue weighted by molar-refractivity contribution is 5.79. The van der Waals surface area contributed by atoms with Crippen LogP contribution in [-0.4, -0.2) is 38.3 Å². The Morgan fingerprint density at radius 3 is 2.82 bits per heavy atom. The molecule has 0 radical (unpaired) electrons. The molecule has 0 spiro atoms. The molecule has 2 unspecified atom stereocenters. The minimum atomic E-state index is -0.00339. The third-order valence-corrected chi connectivity index (χ3v) is 3.96. The van der Waals surface area contributed by atoms with Crippen LogP contribution in [0.3, 0.4) is 0 Å². The lowest BCUT2D eigenvalue weighted by molar-refractivity contribution is -0.125. The lowest BCUT2D eigenvalue weighted by atomic mass is 9.83. The Bertz CT molecular complexity index is 254. The second-order valence-electron chi connectivity index (χ2n) is 5.18. The maximum Gasteiger partial charge on any atom is 0.227 e. The van der Waals surface area contributed by atoms with Gasteiger partial charge in [-0.2, -0.15) is 0 Å². The SMILES string of the molecule is CCNC1COCC1C(=O)NCCC1CCC1. The fraction of sp³-hybridized carbons (Fsp3) is 0.923. The van der Waals surface area contributed by atoms with Gasteiger partial charge in [0.2, 0.25) is 5.91 Å². The molecule has 1 amide bonds. The summed E-state index contributed by atoms with van der Waals surface area (Å²) in [6, 6.07) is 0.198. The topological polar surface area (TPSA) is 50.4 Å². The van der Waals surface area contributed by atoms with Gasteiger partial charge in [-0.1, -0.05) is 26.2 Å². The zero-order chi connectivity index (χ0) is 12.1. The molecule has 1 aliphatic heterocycles. The Morgan fingerprint density at radius 1 is 1.35 bits per heavy atom. The molecule has 2 rings (SSSR count). The summed E-state index contributed by atoms with van der Waals surface area (Å²) in [5.74, 6) is 1.02. The molecule has 2 atom stereocenters. The first-order chi connectivity index (χ1) is 8.31. The predicted octanol–water partition coefficient (Wildman–Crippen LogP) is 0.917. The zero-order valence-electron chi connectivity index (χ0n) is 10.7. The molecular weight excluding hydrogens is 216 g/mol. The molecule has 0 aromatic heterocycles. The Morgan fingerprint density at radius 2 is 2.18 bits per heavy atom. The molecule has 17 heavy (non-hydrogen) atoms. The number of carbonyl (C=O) groups is 1. The summed E-state index contributed by atoms with van der Waals surface area (Å²) in [5, 5.41) is 6.36. The standard InChI is InChI=1S/C13H24N2O2/c1-2-14-12-9-17-8-11(12)13(16)15-7-6-10-4-3-5-10/h10-12,14H,2-9H2,1H3,(H,15,16). The van der Waals surface area contributed by atoms with E-state index in [1.165, 1.54) is 19.3 Å². The molecule has 2 N–H and O–H groups in total. The van der Waals surface area contributed by atoms with Gasteiger partial charge in [0.1, 0.15) is 0 Å². The molecule has 2 aliphatic rings. The first-order valence-electron chi connectivity index (χ1n) is 6.90. The van der Waals surface area contributed by atoms with Crippen molar-refractivity contribution in [2.45, 2.75) is 38.6 Å². The van der Waals surface area contributed by atoms with Crippen molar-refractivity contribution in [3.63, 3.8) is 0 Å². The fourth-order valence-electron chi connectivity index (χ4n) is 2.59. The second kappa shape index (κ2) is 6.36. The highest BCUT2D eigenvalue weighted by Crippen LogP contribution is 2.28. The van der Waals surface area contributed by atoms with E-state index >= 15 is 0 Å². The van der Waals surface area contributed by atoms with Crippen molar-refractivity contribution < 1.29 is 9.53 Å². The number of nitrogens with one attached hydrogen (secondary N) is 2. The smallest absolute Gasteiger partial charge is 0.227 e. The maximum absolute atomic E-state index is 12.0. The van der Waals surface area contributed by atoms with E-state index in [1.807, 2.05) is 0 Å². The molecule has 0 aromatic carbocycles. The predicted molar refractivity (Wildman–Crippen MR) is 66.7 cm³/mol. The zero-order valence-corrected chi connectivity index (χ0v) is 10.7. The summed E-state index contributed by atoms with van der Waals surface area (Å²) in [5.41, 5.74) is 0. The van der Waals surface area contributed by atoms with Crippen LogP contribution in [0.5, 0.6) is 0 Å². The van der Waals surface area contributed by atoms with Crippen LogP contribution in [0.2, 0.25) is 0 Å². The van der Waals surface area contributed by atoms with Crippen LogP contribution >= 0.6 is 0 Å². The van der Waals surface area contributed by atoms with Gasteiger partial charge in [0.25, 0.3) is 0 Å². The molecule has 98 valence electrons. The van der Waals surface area contributed by atoms with Gasteiger partial charge >= 0.3 is 0 Å². The van der Waals surface area contributed by atoms with Crippen LogP contribution in [0.25, 0.3) is 0 Å². The van der Waals surface area contributed by atoms with Crippen LogP contribution in [0.4, 0.5) is 0 Å². The number of amides is 1. The quantitative estimate of drug-likeness (QED) is 0.726. The summed E-state index contributed by atoms with van der Waals surface area (Å²) < 4.78 is 5.38. The van der Waals surface area contributed by atoms with Crippen molar-refractivity contribution in [1.29, 1.82) is 0 Å². The summed E-state index contributed by atoms with van der Waals surface area (Å²) in [7, 11) is 0. The minimum absolute atomic E-state index is 0.00339. The monoisotopic (exact) mass is 240 g/mol. The summed E-state index contributed by atoms with van der Waals surface area (Å²) in [6.45, 7) is 5.00. The number of hydrogen-bond donors (Lipinski definition) is 2. The van der Waals surface area contributed by atoms with Crippen molar-refractivity contribution in [3.05, 3.63) is 0 Å². The molecule has 1 heterocycles.